The molecule has 0 radical (unpaired) electrons. The Morgan fingerprint density at radius 1 is 1.04 bits per heavy atom. The largest absolute Gasteiger partial charge is 0.341 e. The van der Waals surface area contributed by atoms with Gasteiger partial charge >= 0.3 is 0 Å². The normalized spacial score (nSPS) is 9.30. The number of anilines is 1. The van der Waals surface area contributed by atoms with E-state index in [1.807, 2.05) is 6.07 Å². The van der Waals surface area contributed by atoms with Gasteiger partial charge in [-0.15, -0.1) is 6.42 Å². The van der Waals surface area contributed by atoms with E-state index in [-0.39, 0.29) is 18.4 Å². The minimum absolute atomic E-state index is 0.108. The van der Waals surface area contributed by atoms with E-state index >= 15 is 0 Å². The molecule has 0 aliphatic rings. The Labute approximate surface area is 133 Å². The molecule has 0 unspecified atom stereocenters. The molecule has 112 valence electrons. The molecule has 0 aliphatic heterocycles. The molecule has 2 rings (SSSR count). The number of rotatable bonds is 4. The third-order valence-corrected chi connectivity index (χ3v) is 3.05. The van der Waals surface area contributed by atoms with Crippen LogP contribution in [0.1, 0.15) is 26.3 Å². The first kappa shape index (κ1) is 15.8. The van der Waals surface area contributed by atoms with E-state index in [9.17, 15) is 9.59 Å². The highest BCUT2D eigenvalue weighted by atomic mass is 16.2. The van der Waals surface area contributed by atoms with Crippen LogP contribution in [-0.4, -0.2) is 18.4 Å². The number of terminal acetylenes is 1. The number of para-hydroxylation sites is 1. The maximum absolute atomic E-state index is 12.2. The van der Waals surface area contributed by atoms with Gasteiger partial charge in [0.2, 0.25) is 0 Å². The summed E-state index contributed by atoms with van der Waals surface area (Å²) in [6.45, 7) is 0.108. The Kier molecular flexibility index (Phi) is 5.12. The molecule has 0 fully saturated rings. The molecule has 0 aliphatic carbocycles. The highest BCUT2D eigenvalue weighted by Gasteiger charge is 2.13. The summed E-state index contributed by atoms with van der Waals surface area (Å²) in [7, 11) is 0. The predicted molar refractivity (Wildman–Crippen MR) is 86.7 cm³/mol. The van der Waals surface area contributed by atoms with E-state index in [4.69, 9.17) is 11.7 Å². The van der Waals surface area contributed by atoms with Crippen molar-refractivity contribution in [3.05, 3.63) is 65.2 Å². The summed E-state index contributed by atoms with van der Waals surface area (Å²) in [4.78, 5) is 24.3. The molecule has 0 aromatic heterocycles. The van der Waals surface area contributed by atoms with E-state index in [1.165, 1.54) is 0 Å². The molecule has 5 nitrogen and oxygen atoms in total. The molecule has 2 amide bonds. The number of nitriles is 1. The van der Waals surface area contributed by atoms with Crippen LogP contribution in [0.3, 0.4) is 0 Å². The van der Waals surface area contributed by atoms with Crippen molar-refractivity contribution in [2.24, 2.45) is 0 Å². The fourth-order valence-corrected chi connectivity index (χ4v) is 1.91. The van der Waals surface area contributed by atoms with Crippen LogP contribution in [0.2, 0.25) is 0 Å². The molecule has 0 bridgehead atoms. The first-order valence-electron chi connectivity index (χ1n) is 6.78. The average molecular weight is 303 g/mol. The summed E-state index contributed by atoms with van der Waals surface area (Å²) in [5.74, 6) is 1.59. The molecule has 0 spiro atoms. The van der Waals surface area contributed by atoms with Crippen molar-refractivity contribution in [2.45, 2.75) is 0 Å². The lowest BCUT2D eigenvalue weighted by Crippen LogP contribution is -2.25. The van der Waals surface area contributed by atoms with Gasteiger partial charge in [0.1, 0.15) is 0 Å². The summed E-state index contributed by atoms with van der Waals surface area (Å²) < 4.78 is 0. The van der Waals surface area contributed by atoms with Crippen LogP contribution in [0, 0.1) is 23.7 Å². The lowest BCUT2D eigenvalue weighted by atomic mass is 10.1. The second-order valence-electron chi connectivity index (χ2n) is 4.58. The number of amides is 2. The van der Waals surface area contributed by atoms with Crippen LogP contribution in [0.5, 0.6) is 0 Å². The summed E-state index contributed by atoms with van der Waals surface area (Å²) in [5, 5.41) is 14.0. The highest BCUT2D eigenvalue weighted by molar-refractivity contribution is 6.09. The van der Waals surface area contributed by atoms with E-state index in [1.54, 1.807) is 48.5 Å². The number of nitrogens with one attached hydrogen (secondary N) is 2. The number of hydrogen-bond donors (Lipinski definition) is 2. The molecule has 5 heteroatoms. The van der Waals surface area contributed by atoms with Gasteiger partial charge in [0.15, 0.2) is 0 Å². The van der Waals surface area contributed by atoms with Crippen molar-refractivity contribution in [1.29, 1.82) is 5.26 Å². The van der Waals surface area contributed by atoms with Crippen molar-refractivity contribution in [1.82, 2.24) is 5.32 Å². The first-order chi connectivity index (χ1) is 11.2. The van der Waals surface area contributed by atoms with Gasteiger partial charge in [-0.2, -0.15) is 5.26 Å². The molecular formula is C18H13N3O2. The van der Waals surface area contributed by atoms with Gasteiger partial charge in [-0.25, -0.2) is 0 Å². The smallest absolute Gasteiger partial charge is 0.255 e. The molecule has 2 N–H and O–H groups in total. The summed E-state index contributed by atoms with van der Waals surface area (Å²) >= 11 is 0. The van der Waals surface area contributed by atoms with Gasteiger partial charge < -0.3 is 10.6 Å². The van der Waals surface area contributed by atoms with Gasteiger partial charge in [0.05, 0.1) is 29.4 Å². The van der Waals surface area contributed by atoms with Crippen LogP contribution in [0.15, 0.2) is 48.5 Å². The maximum atomic E-state index is 12.2. The van der Waals surface area contributed by atoms with E-state index in [0.717, 1.165) is 0 Å². The lowest BCUT2D eigenvalue weighted by molar-refractivity contribution is 0.0959. The molecule has 0 heterocycles. The third-order valence-electron chi connectivity index (χ3n) is 3.05. The zero-order valence-corrected chi connectivity index (χ0v) is 12.2. The van der Waals surface area contributed by atoms with Crippen molar-refractivity contribution < 1.29 is 9.59 Å². The van der Waals surface area contributed by atoms with Gasteiger partial charge in [0.25, 0.3) is 11.8 Å². The fourth-order valence-electron chi connectivity index (χ4n) is 1.91. The van der Waals surface area contributed by atoms with Crippen LogP contribution >= 0.6 is 0 Å². The third kappa shape index (κ3) is 3.96. The van der Waals surface area contributed by atoms with Gasteiger partial charge in [0, 0.05) is 5.56 Å². The van der Waals surface area contributed by atoms with Gasteiger partial charge in [-0.1, -0.05) is 18.1 Å². The standard InChI is InChI=1S/C18H13N3O2/c1-2-11-20-18(23)15-5-3-4-6-16(15)21-17(22)14-9-7-13(12-19)8-10-14/h1,3-10H,11H2,(H,20,23)(H,21,22). The number of benzene rings is 2. The molecule has 23 heavy (non-hydrogen) atoms. The van der Waals surface area contributed by atoms with E-state index in [0.29, 0.717) is 22.4 Å². The Morgan fingerprint density at radius 3 is 2.39 bits per heavy atom. The summed E-state index contributed by atoms with van der Waals surface area (Å²) in [6.07, 6.45) is 5.12. The first-order valence-corrected chi connectivity index (χ1v) is 6.78. The number of hydrogen-bond acceptors (Lipinski definition) is 3. The van der Waals surface area contributed by atoms with Crippen molar-refractivity contribution in [3.8, 4) is 18.4 Å². The Bertz CT molecular complexity index is 811. The minimum atomic E-state index is -0.369. The van der Waals surface area contributed by atoms with Crippen LogP contribution in [-0.2, 0) is 0 Å². The van der Waals surface area contributed by atoms with Crippen LogP contribution < -0.4 is 10.6 Å². The monoisotopic (exact) mass is 303 g/mol. The molecule has 0 saturated carbocycles. The topological polar surface area (TPSA) is 82.0 Å². The van der Waals surface area contributed by atoms with Crippen LogP contribution in [0.25, 0.3) is 0 Å². The zero-order valence-electron chi connectivity index (χ0n) is 12.2. The Morgan fingerprint density at radius 2 is 1.74 bits per heavy atom. The Hall–Kier alpha value is -3.57. The molecule has 2 aromatic carbocycles. The van der Waals surface area contributed by atoms with E-state index in [2.05, 4.69) is 16.6 Å². The van der Waals surface area contributed by atoms with Crippen molar-refractivity contribution in [3.63, 3.8) is 0 Å². The van der Waals surface area contributed by atoms with E-state index < -0.39 is 0 Å². The predicted octanol–water partition coefficient (Wildman–Crippen LogP) is 2.17. The maximum Gasteiger partial charge on any atom is 0.255 e. The van der Waals surface area contributed by atoms with Crippen LogP contribution in [0.4, 0.5) is 5.69 Å². The Balaban J connectivity index is 2.19. The zero-order chi connectivity index (χ0) is 16.7. The second kappa shape index (κ2) is 7.44. The second-order valence-corrected chi connectivity index (χ2v) is 4.58. The molecule has 2 aromatic rings. The van der Waals surface area contributed by atoms with Crippen molar-refractivity contribution >= 4 is 17.5 Å². The average Bonchev–Trinajstić information content (AvgIpc) is 2.60. The SMILES string of the molecule is C#CCNC(=O)c1ccccc1NC(=O)c1ccc(C#N)cc1. The molecular weight excluding hydrogens is 290 g/mol. The van der Waals surface area contributed by atoms with Crippen molar-refractivity contribution in [2.75, 3.05) is 11.9 Å². The number of carbonyl (C=O) groups excluding carboxylic acids is 2. The fraction of sp³-hybridized carbons (Fsp3) is 0.0556. The molecule has 0 atom stereocenters. The number of nitrogens with zero attached hydrogens (tertiary/aromatic N) is 1. The summed E-state index contributed by atoms with van der Waals surface area (Å²) in [5.41, 5.74) is 1.57. The quantitative estimate of drug-likeness (QED) is 0.849. The minimum Gasteiger partial charge on any atom is -0.341 e. The molecule has 0 saturated heterocycles. The summed E-state index contributed by atoms with van der Waals surface area (Å²) in [6, 6.07) is 14.8. The van der Waals surface area contributed by atoms with Gasteiger partial charge in [-0.05, 0) is 36.4 Å². The highest BCUT2D eigenvalue weighted by Crippen LogP contribution is 2.16. The lowest BCUT2D eigenvalue weighted by Gasteiger charge is -2.10. The number of carbonyl (C=O) groups is 2. The van der Waals surface area contributed by atoms with Gasteiger partial charge in [-0.3, -0.25) is 9.59 Å².